The number of rotatable bonds is 0. The van der Waals surface area contributed by atoms with E-state index in [4.69, 9.17) is 0 Å². The number of benzene rings is 2. The summed E-state index contributed by atoms with van der Waals surface area (Å²) in [6, 6.07) is 16.6. The first-order valence-corrected chi connectivity index (χ1v) is 4.68. The molecule has 0 saturated carbocycles. The zero-order chi connectivity index (χ0) is 9.38. The molecular weight excluding hydrogens is 405 g/mol. The molecule has 4 heteroatoms. The van der Waals surface area contributed by atoms with Crippen LogP contribution in [0.15, 0.2) is 54.7 Å². The SMILES string of the molecule is [CH3-].[NH2-].[NH2-].[Pt].c1ccc2c(c1)cnc1ccccc12. The molecule has 0 aliphatic rings. The van der Waals surface area contributed by atoms with Gasteiger partial charge in [-0.3, -0.25) is 4.98 Å². The van der Waals surface area contributed by atoms with Crippen LogP contribution in [0.5, 0.6) is 0 Å². The topological polar surface area (TPSA) is 79.9 Å². The first kappa shape index (κ1) is 19.1. The van der Waals surface area contributed by atoms with E-state index in [2.05, 4.69) is 35.3 Å². The van der Waals surface area contributed by atoms with Gasteiger partial charge in [-0.15, -0.1) is 0 Å². The molecule has 0 radical (unpaired) electrons. The Labute approximate surface area is 122 Å². The first-order valence-electron chi connectivity index (χ1n) is 4.68. The van der Waals surface area contributed by atoms with Gasteiger partial charge in [0.05, 0.1) is 5.52 Å². The van der Waals surface area contributed by atoms with Crippen LogP contribution in [0.4, 0.5) is 0 Å². The molecule has 0 amide bonds. The Hall–Kier alpha value is -1.28. The van der Waals surface area contributed by atoms with Crippen LogP contribution in [0.2, 0.25) is 0 Å². The van der Waals surface area contributed by atoms with Crippen LogP contribution in [0, 0.1) is 7.43 Å². The summed E-state index contributed by atoms with van der Waals surface area (Å²) in [5, 5.41) is 3.70. The summed E-state index contributed by atoms with van der Waals surface area (Å²) in [4.78, 5) is 4.41. The number of para-hydroxylation sites is 1. The minimum absolute atomic E-state index is 0. The largest absolute Gasteiger partial charge is 0.693 e. The molecule has 3 rings (SSSR count). The number of aromatic nitrogens is 1. The summed E-state index contributed by atoms with van der Waals surface area (Å²) >= 11 is 0. The van der Waals surface area contributed by atoms with Gasteiger partial charge in [0.15, 0.2) is 0 Å². The molecule has 0 aliphatic heterocycles. The first-order chi connectivity index (χ1) is 6.95. The van der Waals surface area contributed by atoms with Crippen molar-refractivity contribution in [1.82, 2.24) is 4.98 Å². The Balaban J connectivity index is 0. The smallest absolute Gasteiger partial charge is 0.0708 e. The van der Waals surface area contributed by atoms with E-state index in [0.29, 0.717) is 0 Å². The van der Waals surface area contributed by atoms with Crippen molar-refractivity contribution in [3.63, 3.8) is 0 Å². The number of nitrogens with zero attached hydrogens (tertiary/aromatic N) is 1. The van der Waals surface area contributed by atoms with Crippen LogP contribution in [0.1, 0.15) is 0 Å². The molecule has 18 heavy (non-hydrogen) atoms. The molecule has 0 saturated heterocycles. The number of pyridine rings is 1. The van der Waals surface area contributed by atoms with E-state index in [-0.39, 0.29) is 40.8 Å². The predicted octanol–water partition coefficient (Wildman–Crippen LogP) is 5.27. The molecule has 0 unspecified atom stereocenters. The van der Waals surface area contributed by atoms with Gasteiger partial charge in [0, 0.05) is 38.0 Å². The molecule has 3 nitrogen and oxygen atoms in total. The van der Waals surface area contributed by atoms with E-state index in [1.165, 1.54) is 16.2 Å². The zero-order valence-corrected chi connectivity index (χ0v) is 12.4. The van der Waals surface area contributed by atoms with Crippen molar-refractivity contribution in [1.29, 1.82) is 0 Å². The van der Waals surface area contributed by atoms with E-state index in [1.807, 2.05) is 24.4 Å². The van der Waals surface area contributed by atoms with Gasteiger partial charge in [-0.2, -0.15) is 0 Å². The molecule has 4 N–H and O–H groups in total. The van der Waals surface area contributed by atoms with Crippen LogP contribution < -0.4 is 0 Å². The van der Waals surface area contributed by atoms with E-state index >= 15 is 0 Å². The molecule has 0 fully saturated rings. The minimum atomic E-state index is 0. The van der Waals surface area contributed by atoms with Gasteiger partial charge >= 0.3 is 0 Å². The summed E-state index contributed by atoms with van der Waals surface area (Å²) in [5.41, 5.74) is 1.06. The molecule has 0 atom stereocenters. The Morgan fingerprint density at radius 1 is 0.722 bits per heavy atom. The van der Waals surface area contributed by atoms with Crippen molar-refractivity contribution in [2.45, 2.75) is 0 Å². The molecule has 3 aromatic rings. The van der Waals surface area contributed by atoms with Crippen molar-refractivity contribution in [3.05, 3.63) is 74.5 Å². The molecule has 2 aromatic carbocycles. The summed E-state index contributed by atoms with van der Waals surface area (Å²) in [6.45, 7) is 0. The number of hydrogen-bond acceptors (Lipinski definition) is 1. The van der Waals surface area contributed by atoms with Crippen molar-refractivity contribution in [2.75, 3.05) is 0 Å². The quantitative estimate of drug-likeness (QED) is 0.360. The van der Waals surface area contributed by atoms with E-state index < -0.39 is 0 Å². The van der Waals surface area contributed by atoms with Gasteiger partial charge in [0.1, 0.15) is 0 Å². The molecular formula is C14H16N3Pt-3. The molecule has 0 spiro atoms. The minimum Gasteiger partial charge on any atom is -0.693 e. The fourth-order valence-electron chi connectivity index (χ4n) is 1.81. The molecule has 1 aromatic heterocycles. The van der Waals surface area contributed by atoms with Gasteiger partial charge in [-0.05, 0) is 11.5 Å². The second-order valence-electron chi connectivity index (χ2n) is 3.36. The summed E-state index contributed by atoms with van der Waals surface area (Å²) in [5.74, 6) is 0. The van der Waals surface area contributed by atoms with Crippen LogP contribution in [-0.2, 0) is 21.1 Å². The Morgan fingerprint density at radius 2 is 1.28 bits per heavy atom. The van der Waals surface area contributed by atoms with Gasteiger partial charge < -0.3 is 19.7 Å². The zero-order valence-electron chi connectivity index (χ0n) is 10.1. The number of fused-ring (bicyclic) bond motifs is 3. The Bertz CT molecular complexity index is 556. The normalized spacial score (nSPS) is 8.44. The van der Waals surface area contributed by atoms with Crippen molar-refractivity contribution in [3.8, 4) is 0 Å². The Morgan fingerprint density at radius 3 is 2.00 bits per heavy atom. The molecule has 1 heterocycles. The van der Waals surface area contributed by atoms with Gasteiger partial charge in [0.2, 0.25) is 0 Å². The number of hydrogen-bond donors (Lipinski definition) is 0. The standard InChI is InChI=1S/C13H9N.CH3.2H2N.Pt/c1-2-6-11-10(5-1)9-14-13-8-4-3-7-12(11)13;;;;/h1-9H;1H3;2*1H2;/q;3*-1;. The molecule has 100 valence electrons. The summed E-state index contributed by atoms with van der Waals surface area (Å²) < 4.78 is 0. The van der Waals surface area contributed by atoms with Crippen LogP contribution >= 0.6 is 0 Å². The number of nitrogens with two attached hydrogens (primary N) is 2. The maximum absolute atomic E-state index is 4.41. The fourth-order valence-corrected chi connectivity index (χ4v) is 1.81. The van der Waals surface area contributed by atoms with Gasteiger partial charge in [0.25, 0.3) is 0 Å². The second-order valence-corrected chi connectivity index (χ2v) is 3.36. The van der Waals surface area contributed by atoms with E-state index in [9.17, 15) is 0 Å². The van der Waals surface area contributed by atoms with E-state index in [0.717, 1.165) is 5.52 Å². The van der Waals surface area contributed by atoms with Crippen molar-refractivity contribution in [2.24, 2.45) is 0 Å². The molecule has 0 aliphatic carbocycles. The fraction of sp³-hybridized carbons (Fsp3) is 0. The van der Waals surface area contributed by atoms with Crippen molar-refractivity contribution >= 4 is 21.7 Å². The van der Waals surface area contributed by atoms with Gasteiger partial charge in [-0.25, -0.2) is 0 Å². The second kappa shape index (κ2) is 7.93. The third kappa shape index (κ3) is 3.14. The summed E-state index contributed by atoms with van der Waals surface area (Å²) in [6.07, 6.45) is 1.93. The third-order valence-corrected chi connectivity index (χ3v) is 2.50. The maximum atomic E-state index is 4.41. The van der Waals surface area contributed by atoms with E-state index in [1.54, 1.807) is 0 Å². The molecule has 0 bridgehead atoms. The van der Waals surface area contributed by atoms with Gasteiger partial charge in [-0.1, -0.05) is 42.5 Å². The summed E-state index contributed by atoms with van der Waals surface area (Å²) in [7, 11) is 0. The average molecular weight is 421 g/mol. The Kier molecular flexibility index (Phi) is 8.40. The van der Waals surface area contributed by atoms with Crippen LogP contribution in [-0.4, -0.2) is 4.98 Å². The maximum Gasteiger partial charge on any atom is 0.0708 e. The average Bonchev–Trinajstić information content (AvgIpc) is 2.29. The monoisotopic (exact) mass is 421 g/mol. The van der Waals surface area contributed by atoms with Crippen molar-refractivity contribution < 1.29 is 21.1 Å². The van der Waals surface area contributed by atoms with Crippen LogP contribution in [0.3, 0.4) is 0 Å². The van der Waals surface area contributed by atoms with Crippen LogP contribution in [0.25, 0.3) is 34.0 Å². The third-order valence-electron chi connectivity index (χ3n) is 2.50. The predicted molar refractivity (Wildman–Crippen MR) is 76.2 cm³/mol.